The number of aldehydes is 1. The summed E-state index contributed by atoms with van der Waals surface area (Å²) in [5.74, 6) is 0.959. The Bertz CT molecular complexity index is 238. The fourth-order valence-electron chi connectivity index (χ4n) is 3.22. The minimum absolute atomic E-state index is 0.0188. The zero-order chi connectivity index (χ0) is 9.69. The second-order valence-electron chi connectivity index (χ2n) is 5.02. The first-order chi connectivity index (χ1) is 6.02. The number of fused-ring (bicyclic) bond motifs is 2. The molecule has 2 aliphatic rings. The largest absolute Gasteiger partial charge is 0.369 e. The topological polar surface area (TPSA) is 26.3 Å². The highest BCUT2D eigenvalue weighted by Crippen LogP contribution is 2.57. The average Bonchev–Trinajstić information content (AvgIpc) is 2.46. The van der Waals surface area contributed by atoms with Gasteiger partial charge in [0.2, 0.25) is 0 Å². The third kappa shape index (κ3) is 1.08. The van der Waals surface area contributed by atoms with Crippen LogP contribution in [0, 0.1) is 11.8 Å². The predicted octanol–water partition coefficient (Wildman–Crippen LogP) is 2.17. The van der Waals surface area contributed by atoms with Crippen LogP contribution in [0.15, 0.2) is 0 Å². The molecule has 2 saturated heterocycles. The summed E-state index contributed by atoms with van der Waals surface area (Å²) in [5.41, 5.74) is 0.0253. The summed E-state index contributed by atoms with van der Waals surface area (Å²) in [6.07, 6.45) is 3.97. The van der Waals surface area contributed by atoms with Crippen LogP contribution in [0.3, 0.4) is 0 Å². The number of ether oxygens (including phenoxy) is 1. The molecule has 0 spiro atoms. The standard InChI is InChI=1S/C11H18O2/c1-8-9(4-7-12)11(3)6-5-10(8,2)13-11/h7-9H,4-6H2,1-3H3. The summed E-state index contributed by atoms with van der Waals surface area (Å²) in [6.45, 7) is 6.57. The van der Waals surface area contributed by atoms with Gasteiger partial charge in [-0.15, -0.1) is 0 Å². The Labute approximate surface area is 79.7 Å². The van der Waals surface area contributed by atoms with Crippen molar-refractivity contribution in [2.45, 2.75) is 51.2 Å². The molecular weight excluding hydrogens is 164 g/mol. The first kappa shape index (κ1) is 9.20. The zero-order valence-electron chi connectivity index (χ0n) is 8.67. The van der Waals surface area contributed by atoms with Crippen molar-refractivity contribution < 1.29 is 9.53 Å². The Morgan fingerprint density at radius 3 is 2.46 bits per heavy atom. The van der Waals surface area contributed by atoms with E-state index in [1.54, 1.807) is 0 Å². The van der Waals surface area contributed by atoms with Crippen LogP contribution >= 0.6 is 0 Å². The number of rotatable bonds is 2. The van der Waals surface area contributed by atoms with Crippen molar-refractivity contribution >= 4 is 6.29 Å². The molecular formula is C11H18O2. The summed E-state index contributed by atoms with van der Waals surface area (Å²) in [4.78, 5) is 10.6. The highest BCUT2D eigenvalue weighted by molar-refractivity contribution is 5.50. The summed E-state index contributed by atoms with van der Waals surface area (Å²) in [7, 11) is 0. The molecule has 0 saturated carbocycles. The summed E-state index contributed by atoms with van der Waals surface area (Å²) in [6, 6.07) is 0. The molecule has 2 nitrogen and oxygen atoms in total. The van der Waals surface area contributed by atoms with E-state index in [4.69, 9.17) is 4.74 Å². The van der Waals surface area contributed by atoms with Gasteiger partial charge in [0.05, 0.1) is 11.2 Å². The molecule has 2 fully saturated rings. The normalized spacial score (nSPS) is 54.1. The zero-order valence-corrected chi connectivity index (χ0v) is 8.67. The maximum absolute atomic E-state index is 10.6. The molecule has 74 valence electrons. The molecule has 0 aliphatic carbocycles. The van der Waals surface area contributed by atoms with Crippen molar-refractivity contribution in [3.8, 4) is 0 Å². The van der Waals surface area contributed by atoms with Crippen molar-refractivity contribution in [3.63, 3.8) is 0 Å². The molecule has 0 amide bonds. The molecule has 0 aromatic rings. The lowest BCUT2D eigenvalue weighted by atomic mass is 9.67. The Morgan fingerprint density at radius 2 is 2.00 bits per heavy atom. The van der Waals surface area contributed by atoms with Gasteiger partial charge in [0.1, 0.15) is 6.29 Å². The molecule has 4 atom stereocenters. The van der Waals surface area contributed by atoms with Crippen LogP contribution in [-0.2, 0) is 9.53 Å². The van der Waals surface area contributed by atoms with Crippen LogP contribution in [0.1, 0.15) is 40.0 Å². The average molecular weight is 182 g/mol. The highest BCUT2D eigenvalue weighted by atomic mass is 16.5. The van der Waals surface area contributed by atoms with Crippen molar-refractivity contribution in [1.29, 1.82) is 0 Å². The molecule has 0 aromatic carbocycles. The van der Waals surface area contributed by atoms with Gasteiger partial charge >= 0.3 is 0 Å². The fraction of sp³-hybridized carbons (Fsp3) is 0.909. The lowest BCUT2D eigenvalue weighted by molar-refractivity contribution is -0.110. The van der Waals surface area contributed by atoms with E-state index in [-0.39, 0.29) is 11.2 Å². The number of hydrogen-bond acceptors (Lipinski definition) is 2. The quantitative estimate of drug-likeness (QED) is 0.612. The van der Waals surface area contributed by atoms with E-state index in [1.807, 2.05) is 0 Å². The highest BCUT2D eigenvalue weighted by Gasteiger charge is 2.60. The molecule has 0 N–H and O–H groups in total. The van der Waals surface area contributed by atoms with Crippen LogP contribution < -0.4 is 0 Å². The minimum atomic E-state index is -0.0188. The predicted molar refractivity (Wildman–Crippen MR) is 50.5 cm³/mol. The molecule has 0 radical (unpaired) electrons. The van der Waals surface area contributed by atoms with Gasteiger partial charge in [0.25, 0.3) is 0 Å². The van der Waals surface area contributed by atoms with E-state index in [0.29, 0.717) is 18.3 Å². The Balaban J connectivity index is 2.26. The second kappa shape index (κ2) is 2.57. The molecule has 2 heterocycles. The van der Waals surface area contributed by atoms with E-state index < -0.39 is 0 Å². The third-order valence-electron chi connectivity index (χ3n) is 4.29. The van der Waals surface area contributed by atoms with Gasteiger partial charge in [-0.2, -0.15) is 0 Å². The van der Waals surface area contributed by atoms with E-state index in [1.165, 1.54) is 0 Å². The van der Waals surface area contributed by atoms with Crippen LogP contribution in [-0.4, -0.2) is 17.5 Å². The first-order valence-corrected chi connectivity index (χ1v) is 5.16. The van der Waals surface area contributed by atoms with Crippen LogP contribution in [0.5, 0.6) is 0 Å². The SMILES string of the molecule is CC1C(CC=O)C2(C)CCC1(C)O2. The molecule has 2 rings (SSSR count). The first-order valence-electron chi connectivity index (χ1n) is 5.16. The third-order valence-corrected chi connectivity index (χ3v) is 4.29. The number of carbonyl (C=O) groups is 1. The second-order valence-corrected chi connectivity index (χ2v) is 5.02. The van der Waals surface area contributed by atoms with Crippen molar-refractivity contribution in [1.82, 2.24) is 0 Å². The van der Waals surface area contributed by atoms with Gasteiger partial charge < -0.3 is 9.53 Å². The summed E-state index contributed by atoms with van der Waals surface area (Å²) >= 11 is 0. The maximum atomic E-state index is 10.6. The van der Waals surface area contributed by atoms with E-state index in [2.05, 4.69) is 20.8 Å². The lowest BCUT2D eigenvalue weighted by Crippen LogP contribution is -2.36. The van der Waals surface area contributed by atoms with Crippen molar-refractivity contribution in [2.24, 2.45) is 11.8 Å². The van der Waals surface area contributed by atoms with Gasteiger partial charge in [-0.25, -0.2) is 0 Å². The molecule has 0 aromatic heterocycles. The van der Waals surface area contributed by atoms with Crippen LogP contribution in [0.2, 0.25) is 0 Å². The van der Waals surface area contributed by atoms with Crippen LogP contribution in [0.4, 0.5) is 0 Å². The van der Waals surface area contributed by atoms with Crippen molar-refractivity contribution in [3.05, 3.63) is 0 Å². The van der Waals surface area contributed by atoms with Crippen LogP contribution in [0.25, 0.3) is 0 Å². The van der Waals surface area contributed by atoms with Gasteiger partial charge in [-0.05, 0) is 38.5 Å². The van der Waals surface area contributed by atoms with Crippen molar-refractivity contribution in [2.75, 3.05) is 0 Å². The fourth-order valence-corrected chi connectivity index (χ4v) is 3.22. The Morgan fingerprint density at radius 1 is 1.38 bits per heavy atom. The van der Waals surface area contributed by atoms with Gasteiger partial charge in [-0.3, -0.25) is 0 Å². The maximum Gasteiger partial charge on any atom is 0.120 e. The lowest BCUT2D eigenvalue weighted by Gasteiger charge is -2.33. The van der Waals surface area contributed by atoms with E-state index in [9.17, 15) is 4.79 Å². The molecule has 4 unspecified atom stereocenters. The van der Waals surface area contributed by atoms with Gasteiger partial charge in [0.15, 0.2) is 0 Å². The molecule has 13 heavy (non-hydrogen) atoms. The molecule has 2 heteroatoms. The number of carbonyl (C=O) groups excluding carboxylic acids is 1. The van der Waals surface area contributed by atoms with E-state index in [0.717, 1.165) is 19.1 Å². The molecule has 2 aliphatic heterocycles. The van der Waals surface area contributed by atoms with Gasteiger partial charge in [-0.1, -0.05) is 6.92 Å². The minimum Gasteiger partial charge on any atom is -0.369 e. The number of hydrogen-bond donors (Lipinski definition) is 0. The Hall–Kier alpha value is -0.370. The molecule has 2 bridgehead atoms. The monoisotopic (exact) mass is 182 g/mol. The summed E-state index contributed by atoms with van der Waals surface area (Å²) < 4.78 is 6.07. The smallest absolute Gasteiger partial charge is 0.120 e. The van der Waals surface area contributed by atoms with Gasteiger partial charge in [0, 0.05) is 6.42 Å². The summed E-state index contributed by atoms with van der Waals surface area (Å²) in [5, 5.41) is 0. The Kier molecular flexibility index (Phi) is 1.82. The van der Waals surface area contributed by atoms with E-state index >= 15 is 0 Å².